The van der Waals surface area contributed by atoms with E-state index in [9.17, 15) is 4.79 Å². The summed E-state index contributed by atoms with van der Waals surface area (Å²) in [5.41, 5.74) is 1.89. The van der Waals surface area contributed by atoms with Crippen molar-refractivity contribution < 1.29 is 4.79 Å². The largest absolute Gasteiger partial charge is 0.385 e. The van der Waals surface area contributed by atoms with Crippen LogP contribution in [0, 0.1) is 0 Å². The van der Waals surface area contributed by atoms with Crippen molar-refractivity contribution in [3.63, 3.8) is 0 Å². The number of benzene rings is 2. The van der Waals surface area contributed by atoms with E-state index < -0.39 is 0 Å². The number of carbonyl (C=O) groups is 1. The van der Waals surface area contributed by atoms with Gasteiger partial charge in [0.05, 0.1) is 16.3 Å². The fourth-order valence-corrected chi connectivity index (χ4v) is 2.26. The zero-order valence-corrected chi connectivity index (χ0v) is 12.4. The molecule has 0 aliphatic carbocycles. The average Bonchev–Trinajstić information content (AvgIpc) is 2.43. The highest BCUT2D eigenvalue weighted by Crippen LogP contribution is 2.26. The third kappa shape index (κ3) is 3.44. The van der Waals surface area contributed by atoms with Crippen molar-refractivity contribution in [3.8, 4) is 0 Å². The molecule has 3 nitrogen and oxygen atoms in total. The zero-order valence-electron chi connectivity index (χ0n) is 10.9. The maximum atomic E-state index is 12.3. The molecule has 20 heavy (non-hydrogen) atoms. The summed E-state index contributed by atoms with van der Waals surface area (Å²) < 4.78 is 0. The molecule has 0 spiro atoms. The minimum Gasteiger partial charge on any atom is -0.385 e. The van der Waals surface area contributed by atoms with Crippen LogP contribution in [0.25, 0.3) is 0 Å². The minimum atomic E-state index is -0.217. The third-order valence-electron chi connectivity index (χ3n) is 2.72. The number of hydrogen-bond acceptors (Lipinski definition) is 2. The number of nitrogens with one attached hydrogen (secondary N) is 2. The van der Waals surface area contributed by atoms with Gasteiger partial charge in [-0.3, -0.25) is 4.79 Å². The normalized spacial score (nSPS) is 10.2. The van der Waals surface area contributed by atoms with Gasteiger partial charge in [0.1, 0.15) is 0 Å². The zero-order chi connectivity index (χ0) is 14.5. The number of hydrogen-bond donors (Lipinski definition) is 2. The fourth-order valence-electron chi connectivity index (χ4n) is 1.81. The molecule has 5 heteroatoms. The molecule has 0 saturated carbocycles. The van der Waals surface area contributed by atoms with Crippen LogP contribution in [0.4, 0.5) is 11.4 Å². The Bertz CT molecular complexity index is 629. The second kappa shape index (κ2) is 6.64. The number of rotatable bonds is 4. The number of carbonyl (C=O) groups excluding carboxylic acids is 1. The molecule has 2 aromatic carbocycles. The van der Waals surface area contributed by atoms with Crippen molar-refractivity contribution >= 4 is 40.5 Å². The van der Waals surface area contributed by atoms with Crippen LogP contribution >= 0.6 is 23.2 Å². The lowest BCUT2D eigenvalue weighted by Crippen LogP contribution is -2.15. The summed E-state index contributed by atoms with van der Waals surface area (Å²) in [5, 5.41) is 6.87. The van der Waals surface area contributed by atoms with Gasteiger partial charge < -0.3 is 10.6 Å². The molecule has 1 amide bonds. The highest BCUT2D eigenvalue weighted by Gasteiger charge is 2.12. The summed E-state index contributed by atoms with van der Waals surface area (Å²) in [7, 11) is 0. The summed E-state index contributed by atoms with van der Waals surface area (Å²) in [6, 6.07) is 12.3. The minimum absolute atomic E-state index is 0.217. The monoisotopic (exact) mass is 308 g/mol. The van der Waals surface area contributed by atoms with E-state index in [0.717, 1.165) is 12.2 Å². The molecule has 0 saturated heterocycles. The number of halogens is 2. The van der Waals surface area contributed by atoms with Crippen LogP contribution in [0.1, 0.15) is 17.3 Å². The summed E-state index contributed by atoms with van der Waals surface area (Å²) in [6.07, 6.45) is 0. The molecule has 2 N–H and O–H groups in total. The Morgan fingerprint density at radius 3 is 2.55 bits per heavy atom. The first-order chi connectivity index (χ1) is 9.61. The van der Waals surface area contributed by atoms with E-state index >= 15 is 0 Å². The topological polar surface area (TPSA) is 41.1 Å². The maximum Gasteiger partial charge on any atom is 0.257 e. The standard InChI is InChI=1S/C15H14Cl2N2O/c1-2-18-13-6-4-3-5-11(13)15(20)19-14-8-7-10(16)9-12(14)17/h3-9,18H,2H2,1H3,(H,19,20). The Labute approximate surface area is 127 Å². The molecule has 0 bridgehead atoms. The first kappa shape index (κ1) is 14.7. The molecule has 2 rings (SSSR count). The van der Waals surface area contributed by atoms with Crippen molar-refractivity contribution in [1.29, 1.82) is 0 Å². The van der Waals surface area contributed by atoms with Crippen molar-refractivity contribution in [3.05, 3.63) is 58.1 Å². The van der Waals surface area contributed by atoms with Gasteiger partial charge in [0.25, 0.3) is 5.91 Å². The van der Waals surface area contributed by atoms with Crippen molar-refractivity contribution in [2.24, 2.45) is 0 Å². The SMILES string of the molecule is CCNc1ccccc1C(=O)Nc1ccc(Cl)cc1Cl. The van der Waals surface area contributed by atoms with E-state index in [1.165, 1.54) is 0 Å². The van der Waals surface area contributed by atoms with Crippen molar-refractivity contribution in [2.75, 3.05) is 17.2 Å². The van der Waals surface area contributed by atoms with Crippen LogP contribution < -0.4 is 10.6 Å². The smallest absolute Gasteiger partial charge is 0.257 e. The number of para-hydroxylation sites is 1. The Kier molecular flexibility index (Phi) is 4.88. The molecule has 0 aromatic heterocycles. The van der Waals surface area contributed by atoms with Crippen LogP contribution in [0.5, 0.6) is 0 Å². The van der Waals surface area contributed by atoms with Crippen LogP contribution in [0.15, 0.2) is 42.5 Å². The Hall–Kier alpha value is -1.71. The molecule has 0 aliphatic rings. The molecular weight excluding hydrogens is 295 g/mol. The van der Waals surface area contributed by atoms with Gasteiger partial charge in [-0.2, -0.15) is 0 Å². The predicted octanol–water partition coefficient (Wildman–Crippen LogP) is 4.68. The Balaban J connectivity index is 2.24. The highest BCUT2D eigenvalue weighted by molar-refractivity contribution is 6.36. The summed E-state index contributed by atoms with van der Waals surface area (Å²) >= 11 is 11.9. The molecule has 0 atom stereocenters. The van der Waals surface area contributed by atoms with Gasteiger partial charge in [0.15, 0.2) is 0 Å². The average molecular weight is 309 g/mol. The second-order valence-electron chi connectivity index (χ2n) is 4.15. The summed E-state index contributed by atoms with van der Waals surface area (Å²) in [6.45, 7) is 2.72. The third-order valence-corrected chi connectivity index (χ3v) is 3.27. The molecule has 0 fully saturated rings. The summed E-state index contributed by atoms with van der Waals surface area (Å²) in [4.78, 5) is 12.3. The van der Waals surface area contributed by atoms with Crippen molar-refractivity contribution in [2.45, 2.75) is 6.92 Å². The van der Waals surface area contributed by atoms with Gasteiger partial charge in [0, 0.05) is 17.3 Å². The molecule has 104 valence electrons. The van der Waals surface area contributed by atoms with Gasteiger partial charge in [0.2, 0.25) is 0 Å². The van der Waals surface area contributed by atoms with Gasteiger partial charge in [-0.15, -0.1) is 0 Å². The van der Waals surface area contributed by atoms with E-state index in [1.807, 2.05) is 25.1 Å². The van der Waals surface area contributed by atoms with E-state index in [4.69, 9.17) is 23.2 Å². The molecule has 0 unspecified atom stereocenters. The maximum absolute atomic E-state index is 12.3. The molecular formula is C15H14Cl2N2O. The van der Waals surface area contributed by atoms with E-state index in [1.54, 1.807) is 24.3 Å². The summed E-state index contributed by atoms with van der Waals surface area (Å²) in [5.74, 6) is -0.217. The van der Waals surface area contributed by atoms with E-state index in [0.29, 0.717) is 21.3 Å². The van der Waals surface area contributed by atoms with Crippen LogP contribution in [-0.4, -0.2) is 12.5 Å². The molecule has 0 radical (unpaired) electrons. The highest BCUT2D eigenvalue weighted by atomic mass is 35.5. The van der Waals surface area contributed by atoms with Crippen LogP contribution in [0.2, 0.25) is 10.0 Å². The quantitative estimate of drug-likeness (QED) is 0.861. The van der Waals surface area contributed by atoms with Gasteiger partial charge >= 0.3 is 0 Å². The second-order valence-corrected chi connectivity index (χ2v) is 5.00. The van der Waals surface area contributed by atoms with Crippen molar-refractivity contribution in [1.82, 2.24) is 0 Å². The van der Waals surface area contributed by atoms with Gasteiger partial charge in [-0.05, 0) is 37.3 Å². The first-order valence-electron chi connectivity index (χ1n) is 6.21. The fraction of sp³-hybridized carbons (Fsp3) is 0.133. The molecule has 0 heterocycles. The van der Waals surface area contributed by atoms with E-state index in [-0.39, 0.29) is 5.91 Å². The van der Waals surface area contributed by atoms with Crippen LogP contribution in [-0.2, 0) is 0 Å². The van der Waals surface area contributed by atoms with Crippen LogP contribution in [0.3, 0.4) is 0 Å². The van der Waals surface area contributed by atoms with Gasteiger partial charge in [-0.25, -0.2) is 0 Å². The Morgan fingerprint density at radius 1 is 1.10 bits per heavy atom. The first-order valence-corrected chi connectivity index (χ1v) is 6.96. The number of anilines is 2. The molecule has 2 aromatic rings. The lowest BCUT2D eigenvalue weighted by atomic mass is 10.1. The van der Waals surface area contributed by atoms with E-state index in [2.05, 4.69) is 10.6 Å². The Morgan fingerprint density at radius 2 is 1.85 bits per heavy atom. The molecule has 0 aliphatic heterocycles. The lowest BCUT2D eigenvalue weighted by Gasteiger charge is -2.12. The lowest BCUT2D eigenvalue weighted by molar-refractivity contribution is 0.102. The predicted molar refractivity (Wildman–Crippen MR) is 85.0 cm³/mol. The van der Waals surface area contributed by atoms with Gasteiger partial charge in [-0.1, -0.05) is 35.3 Å². The number of amides is 1.